The molecule has 0 saturated carbocycles. The van der Waals surface area contributed by atoms with Crippen LogP contribution in [0.1, 0.15) is 0 Å². The molecule has 102 valence electrons. The zero-order valence-electron chi connectivity index (χ0n) is 10.8. The molecule has 0 atom stereocenters. The van der Waals surface area contributed by atoms with E-state index < -0.39 is 0 Å². The number of imide groups is 1. The van der Waals surface area contributed by atoms with E-state index in [-0.39, 0.29) is 18.5 Å². The van der Waals surface area contributed by atoms with E-state index in [1.165, 1.54) is 4.90 Å². The first-order chi connectivity index (χ1) is 9.74. The quantitative estimate of drug-likeness (QED) is 0.908. The predicted octanol–water partition coefficient (Wildman–Crippen LogP) is 1.10. The summed E-state index contributed by atoms with van der Waals surface area (Å²) in [5, 5.41) is 6.77. The van der Waals surface area contributed by atoms with E-state index in [1.54, 1.807) is 17.1 Å². The summed E-state index contributed by atoms with van der Waals surface area (Å²) < 4.78 is 1.55. The lowest BCUT2D eigenvalue weighted by molar-refractivity contribution is -0.128. The van der Waals surface area contributed by atoms with Crippen molar-refractivity contribution < 1.29 is 9.59 Å². The maximum atomic E-state index is 12.0. The molecule has 6 nitrogen and oxygen atoms in total. The standard InChI is InChI=1S/C14H14N4O2/c19-13(18-7-6-15-14(18)20)10-17-9-12(8-16-17)11-4-2-1-3-5-11/h1-5,8-9H,6-7,10H2,(H,15,20). The van der Waals surface area contributed by atoms with Crippen LogP contribution in [-0.2, 0) is 11.3 Å². The van der Waals surface area contributed by atoms with Crippen LogP contribution in [0.2, 0.25) is 0 Å². The Morgan fingerprint density at radius 2 is 2.05 bits per heavy atom. The van der Waals surface area contributed by atoms with Gasteiger partial charge in [0.1, 0.15) is 6.54 Å². The van der Waals surface area contributed by atoms with Crippen LogP contribution in [0.5, 0.6) is 0 Å². The Morgan fingerprint density at radius 1 is 1.25 bits per heavy atom. The van der Waals surface area contributed by atoms with E-state index in [2.05, 4.69) is 10.4 Å². The molecular weight excluding hydrogens is 256 g/mol. The first-order valence-electron chi connectivity index (χ1n) is 6.40. The van der Waals surface area contributed by atoms with Crippen LogP contribution < -0.4 is 5.32 Å². The van der Waals surface area contributed by atoms with Crippen molar-refractivity contribution in [3.8, 4) is 11.1 Å². The number of nitrogens with one attached hydrogen (secondary N) is 1. The Kier molecular flexibility index (Phi) is 3.20. The molecule has 0 spiro atoms. The van der Waals surface area contributed by atoms with Crippen molar-refractivity contribution in [2.24, 2.45) is 0 Å². The molecule has 6 heteroatoms. The lowest BCUT2D eigenvalue weighted by Crippen LogP contribution is -2.36. The minimum absolute atomic E-state index is 0.0697. The summed E-state index contributed by atoms with van der Waals surface area (Å²) in [5.74, 6) is -0.247. The molecule has 0 aliphatic carbocycles. The highest BCUT2D eigenvalue weighted by molar-refractivity contribution is 5.95. The number of hydrogen-bond acceptors (Lipinski definition) is 3. The first-order valence-corrected chi connectivity index (χ1v) is 6.40. The van der Waals surface area contributed by atoms with Crippen LogP contribution >= 0.6 is 0 Å². The van der Waals surface area contributed by atoms with Gasteiger partial charge in [-0.2, -0.15) is 5.10 Å². The Hall–Kier alpha value is -2.63. The number of aromatic nitrogens is 2. The largest absolute Gasteiger partial charge is 0.336 e. The molecule has 1 aliphatic rings. The predicted molar refractivity (Wildman–Crippen MR) is 72.8 cm³/mol. The molecule has 3 amide bonds. The smallest absolute Gasteiger partial charge is 0.324 e. The molecule has 1 saturated heterocycles. The summed E-state index contributed by atoms with van der Waals surface area (Å²) >= 11 is 0. The van der Waals surface area contributed by atoms with Gasteiger partial charge in [-0.3, -0.25) is 14.4 Å². The van der Waals surface area contributed by atoms with Crippen LogP contribution in [-0.4, -0.2) is 39.7 Å². The second-order valence-electron chi connectivity index (χ2n) is 4.57. The van der Waals surface area contributed by atoms with Gasteiger partial charge in [0.2, 0.25) is 0 Å². The van der Waals surface area contributed by atoms with Gasteiger partial charge < -0.3 is 5.32 Å². The highest BCUT2D eigenvalue weighted by Gasteiger charge is 2.26. The normalized spacial score (nSPS) is 14.4. The summed E-state index contributed by atoms with van der Waals surface area (Å²) in [7, 11) is 0. The summed E-state index contributed by atoms with van der Waals surface area (Å²) in [6.07, 6.45) is 3.52. The SMILES string of the molecule is O=C(Cn1cc(-c2ccccc2)cn1)N1CCNC1=O. The van der Waals surface area contributed by atoms with Crippen LogP contribution in [0.25, 0.3) is 11.1 Å². The fourth-order valence-electron chi connectivity index (χ4n) is 2.16. The fraction of sp³-hybridized carbons (Fsp3) is 0.214. The number of amides is 3. The number of nitrogens with zero attached hydrogens (tertiary/aromatic N) is 3. The summed E-state index contributed by atoms with van der Waals surface area (Å²) in [6, 6.07) is 9.49. The molecule has 1 fully saturated rings. The molecule has 1 aliphatic heterocycles. The van der Waals surface area contributed by atoms with Crippen molar-refractivity contribution in [3.63, 3.8) is 0 Å². The minimum atomic E-state index is -0.328. The Morgan fingerprint density at radius 3 is 2.75 bits per heavy atom. The van der Waals surface area contributed by atoms with Gasteiger partial charge in [0.15, 0.2) is 0 Å². The Bertz CT molecular complexity index is 636. The molecule has 0 radical (unpaired) electrons. The molecule has 1 N–H and O–H groups in total. The van der Waals surface area contributed by atoms with Gasteiger partial charge in [-0.25, -0.2) is 4.79 Å². The topological polar surface area (TPSA) is 67.2 Å². The van der Waals surface area contributed by atoms with Crippen LogP contribution in [0.15, 0.2) is 42.7 Å². The Labute approximate surface area is 116 Å². The summed E-state index contributed by atoms with van der Waals surface area (Å²) in [4.78, 5) is 24.6. The third kappa shape index (κ3) is 2.40. The number of benzene rings is 1. The van der Waals surface area contributed by atoms with Crippen molar-refractivity contribution in [1.29, 1.82) is 0 Å². The molecule has 0 unspecified atom stereocenters. The molecule has 1 aromatic carbocycles. The molecular formula is C14H14N4O2. The third-order valence-corrected chi connectivity index (χ3v) is 3.20. The average Bonchev–Trinajstić information content (AvgIpc) is 3.09. The van der Waals surface area contributed by atoms with E-state index >= 15 is 0 Å². The number of carbonyl (C=O) groups excluding carboxylic acids is 2. The van der Waals surface area contributed by atoms with Gasteiger partial charge in [0, 0.05) is 24.8 Å². The van der Waals surface area contributed by atoms with Gasteiger partial charge in [-0.1, -0.05) is 30.3 Å². The van der Waals surface area contributed by atoms with Crippen molar-refractivity contribution >= 4 is 11.9 Å². The highest BCUT2D eigenvalue weighted by atomic mass is 16.2. The summed E-state index contributed by atoms with van der Waals surface area (Å²) in [6.45, 7) is 1.00. The van der Waals surface area contributed by atoms with Crippen molar-refractivity contribution in [1.82, 2.24) is 20.0 Å². The maximum absolute atomic E-state index is 12.0. The van der Waals surface area contributed by atoms with Crippen LogP contribution in [0.3, 0.4) is 0 Å². The molecule has 2 heterocycles. The van der Waals surface area contributed by atoms with E-state index in [4.69, 9.17) is 0 Å². The zero-order chi connectivity index (χ0) is 13.9. The van der Waals surface area contributed by atoms with Gasteiger partial charge in [-0.15, -0.1) is 0 Å². The first kappa shape index (κ1) is 12.4. The molecule has 20 heavy (non-hydrogen) atoms. The molecule has 3 rings (SSSR count). The van der Waals surface area contributed by atoms with Gasteiger partial charge >= 0.3 is 6.03 Å². The number of carbonyl (C=O) groups is 2. The fourth-order valence-corrected chi connectivity index (χ4v) is 2.16. The van der Waals surface area contributed by atoms with Crippen molar-refractivity contribution in [2.45, 2.75) is 6.54 Å². The number of rotatable bonds is 3. The maximum Gasteiger partial charge on any atom is 0.324 e. The number of urea groups is 1. The Balaban J connectivity index is 1.71. The summed E-state index contributed by atoms with van der Waals surface area (Å²) in [5.41, 5.74) is 1.99. The van der Waals surface area contributed by atoms with Crippen LogP contribution in [0, 0.1) is 0 Å². The van der Waals surface area contributed by atoms with E-state index in [1.807, 2.05) is 30.3 Å². The monoisotopic (exact) mass is 270 g/mol. The zero-order valence-corrected chi connectivity index (χ0v) is 10.8. The average molecular weight is 270 g/mol. The van der Waals surface area contributed by atoms with Gasteiger partial charge in [-0.05, 0) is 5.56 Å². The van der Waals surface area contributed by atoms with Crippen molar-refractivity contribution in [2.75, 3.05) is 13.1 Å². The number of hydrogen-bond donors (Lipinski definition) is 1. The lowest BCUT2D eigenvalue weighted by Gasteiger charge is -2.11. The van der Waals surface area contributed by atoms with Gasteiger partial charge in [0.25, 0.3) is 5.91 Å². The lowest BCUT2D eigenvalue weighted by atomic mass is 10.1. The molecule has 2 aromatic rings. The molecule has 0 bridgehead atoms. The second-order valence-corrected chi connectivity index (χ2v) is 4.57. The third-order valence-electron chi connectivity index (χ3n) is 3.20. The minimum Gasteiger partial charge on any atom is -0.336 e. The van der Waals surface area contributed by atoms with Gasteiger partial charge in [0.05, 0.1) is 6.20 Å². The molecule has 1 aromatic heterocycles. The van der Waals surface area contributed by atoms with Crippen LogP contribution in [0.4, 0.5) is 4.79 Å². The van der Waals surface area contributed by atoms with E-state index in [0.717, 1.165) is 11.1 Å². The van der Waals surface area contributed by atoms with E-state index in [9.17, 15) is 9.59 Å². The highest BCUT2D eigenvalue weighted by Crippen LogP contribution is 2.17. The van der Waals surface area contributed by atoms with Crippen molar-refractivity contribution in [3.05, 3.63) is 42.7 Å². The van der Waals surface area contributed by atoms with E-state index in [0.29, 0.717) is 13.1 Å². The second kappa shape index (κ2) is 5.16.